The number of carboxylic acid groups (broad SMARTS) is 1. The minimum absolute atomic E-state index is 0.0828. The van der Waals surface area contributed by atoms with Gasteiger partial charge in [0.15, 0.2) is 0 Å². The minimum Gasteiger partial charge on any atom is -0.478 e. The molecule has 0 unspecified atom stereocenters. The first-order valence-electron chi connectivity index (χ1n) is 5.69. The first-order valence-corrected chi connectivity index (χ1v) is 5.69. The Balaban J connectivity index is 2.43. The summed E-state index contributed by atoms with van der Waals surface area (Å²) in [6.45, 7) is 1.57. The molecule has 0 aliphatic carbocycles. The summed E-state index contributed by atoms with van der Waals surface area (Å²) < 4.78 is 9.97. The van der Waals surface area contributed by atoms with Gasteiger partial charge in [-0.05, 0) is 6.07 Å². The Hall–Kier alpha value is -1.99. The van der Waals surface area contributed by atoms with Crippen LogP contribution in [0.2, 0.25) is 0 Å². The Morgan fingerprint density at radius 2 is 2.11 bits per heavy atom. The van der Waals surface area contributed by atoms with Gasteiger partial charge in [0.2, 0.25) is 0 Å². The molecule has 0 bridgehead atoms. The molecule has 7 nitrogen and oxygen atoms in total. The first kappa shape index (κ1) is 15.1. The molecule has 19 heavy (non-hydrogen) atoms. The molecule has 0 atom stereocenters. The second kappa shape index (κ2) is 8.17. The van der Waals surface area contributed by atoms with E-state index in [9.17, 15) is 9.59 Å². The average Bonchev–Trinajstić information content (AvgIpc) is 2.42. The lowest BCUT2D eigenvalue weighted by atomic mass is 10.1. The lowest BCUT2D eigenvalue weighted by Gasteiger charge is -2.07. The van der Waals surface area contributed by atoms with Crippen LogP contribution in [0.5, 0.6) is 0 Å². The number of nitrogens with one attached hydrogen (secondary N) is 1. The van der Waals surface area contributed by atoms with Crippen LogP contribution < -0.4 is 5.32 Å². The highest BCUT2D eigenvalue weighted by molar-refractivity contribution is 6.04. The van der Waals surface area contributed by atoms with Gasteiger partial charge in [-0.15, -0.1) is 0 Å². The molecule has 1 heterocycles. The van der Waals surface area contributed by atoms with Gasteiger partial charge in [-0.3, -0.25) is 9.78 Å². The number of hydrogen-bond acceptors (Lipinski definition) is 5. The van der Waals surface area contributed by atoms with Gasteiger partial charge in [0, 0.05) is 26.0 Å². The molecule has 0 aliphatic rings. The number of nitrogens with zero attached hydrogens (tertiary/aromatic N) is 1. The molecule has 0 aromatic carbocycles. The molecule has 0 fully saturated rings. The van der Waals surface area contributed by atoms with Crippen molar-refractivity contribution in [2.45, 2.75) is 0 Å². The predicted octanol–water partition coefficient (Wildman–Crippen LogP) is 0.173. The van der Waals surface area contributed by atoms with E-state index in [2.05, 4.69) is 10.3 Å². The molecular weight excluding hydrogens is 252 g/mol. The lowest BCUT2D eigenvalue weighted by molar-refractivity contribution is 0.0676. The van der Waals surface area contributed by atoms with Gasteiger partial charge in [0.25, 0.3) is 5.91 Å². The molecule has 2 N–H and O–H groups in total. The number of methoxy groups -OCH3 is 1. The molecule has 1 amide bonds. The molecule has 7 heteroatoms. The average molecular weight is 268 g/mol. The van der Waals surface area contributed by atoms with Gasteiger partial charge in [-0.2, -0.15) is 0 Å². The van der Waals surface area contributed by atoms with Crippen LogP contribution in [0.4, 0.5) is 0 Å². The third kappa shape index (κ3) is 5.02. The summed E-state index contributed by atoms with van der Waals surface area (Å²) in [4.78, 5) is 26.4. The predicted molar refractivity (Wildman–Crippen MR) is 66.2 cm³/mol. The van der Waals surface area contributed by atoms with E-state index in [1.165, 1.54) is 12.3 Å². The van der Waals surface area contributed by atoms with Crippen molar-refractivity contribution in [2.24, 2.45) is 0 Å². The lowest BCUT2D eigenvalue weighted by Crippen LogP contribution is -2.29. The number of carbonyl (C=O) groups excluding carboxylic acids is 1. The number of amides is 1. The van der Waals surface area contributed by atoms with Crippen molar-refractivity contribution in [3.05, 3.63) is 29.6 Å². The quantitative estimate of drug-likeness (QED) is 0.652. The fraction of sp³-hybridized carbons (Fsp3) is 0.417. The first-order chi connectivity index (χ1) is 9.16. The minimum atomic E-state index is -1.19. The van der Waals surface area contributed by atoms with Crippen LogP contribution in [0.3, 0.4) is 0 Å². The van der Waals surface area contributed by atoms with Gasteiger partial charge in [-0.25, -0.2) is 4.79 Å². The number of ether oxygens (including phenoxy) is 2. The van der Waals surface area contributed by atoms with Gasteiger partial charge in [-0.1, -0.05) is 0 Å². The molecular formula is C12H16N2O5. The van der Waals surface area contributed by atoms with Crippen LogP contribution in [0.1, 0.15) is 20.7 Å². The van der Waals surface area contributed by atoms with Crippen LogP contribution in [0.15, 0.2) is 18.5 Å². The summed E-state index contributed by atoms with van der Waals surface area (Å²) in [6, 6.07) is 1.37. The van der Waals surface area contributed by atoms with E-state index in [0.717, 1.165) is 6.20 Å². The van der Waals surface area contributed by atoms with E-state index in [0.29, 0.717) is 26.4 Å². The van der Waals surface area contributed by atoms with Crippen LogP contribution in [-0.4, -0.2) is 55.4 Å². The SMILES string of the molecule is COCCOCCNC(=O)c1ccncc1C(=O)O. The number of carboxylic acids is 1. The van der Waals surface area contributed by atoms with Crippen LogP contribution in [0.25, 0.3) is 0 Å². The number of carbonyl (C=O) groups is 2. The fourth-order valence-electron chi connectivity index (χ4n) is 1.34. The van der Waals surface area contributed by atoms with Crippen molar-refractivity contribution in [2.75, 3.05) is 33.5 Å². The summed E-state index contributed by atoms with van der Waals surface area (Å²) in [6.07, 6.45) is 2.52. The maximum Gasteiger partial charge on any atom is 0.338 e. The molecule has 104 valence electrons. The molecule has 0 radical (unpaired) electrons. The van der Waals surface area contributed by atoms with Crippen LogP contribution >= 0.6 is 0 Å². The van der Waals surface area contributed by atoms with Crippen molar-refractivity contribution >= 4 is 11.9 Å². The summed E-state index contributed by atoms with van der Waals surface area (Å²) in [5.41, 5.74) is -0.0420. The molecule has 1 rings (SSSR count). The zero-order valence-corrected chi connectivity index (χ0v) is 10.6. The molecule has 0 spiro atoms. The molecule has 0 saturated carbocycles. The zero-order chi connectivity index (χ0) is 14.1. The van der Waals surface area contributed by atoms with Crippen molar-refractivity contribution in [3.8, 4) is 0 Å². The smallest absolute Gasteiger partial charge is 0.338 e. The Kier molecular flexibility index (Phi) is 6.48. The van der Waals surface area contributed by atoms with E-state index in [-0.39, 0.29) is 11.1 Å². The number of rotatable bonds is 8. The number of aromatic nitrogens is 1. The Morgan fingerprint density at radius 1 is 1.32 bits per heavy atom. The van der Waals surface area contributed by atoms with Crippen molar-refractivity contribution < 1.29 is 24.2 Å². The van der Waals surface area contributed by atoms with E-state index < -0.39 is 11.9 Å². The Morgan fingerprint density at radius 3 is 2.79 bits per heavy atom. The normalized spacial score (nSPS) is 10.2. The fourth-order valence-corrected chi connectivity index (χ4v) is 1.34. The van der Waals surface area contributed by atoms with Crippen molar-refractivity contribution in [1.82, 2.24) is 10.3 Å². The highest BCUT2D eigenvalue weighted by Gasteiger charge is 2.15. The van der Waals surface area contributed by atoms with Gasteiger partial charge < -0.3 is 19.9 Å². The zero-order valence-electron chi connectivity index (χ0n) is 10.6. The topological polar surface area (TPSA) is 97.8 Å². The van der Waals surface area contributed by atoms with E-state index >= 15 is 0 Å². The molecule has 1 aromatic heterocycles. The Labute approximate surface area is 110 Å². The van der Waals surface area contributed by atoms with Crippen LogP contribution in [-0.2, 0) is 9.47 Å². The van der Waals surface area contributed by atoms with Gasteiger partial charge >= 0.3 is 5.97 Å². The summed E-state index contributed by atoms with van der Waals surface area (Å²) >= 11 is 0. The Bertz CT molecular complexity index is 436. The van der Waals surface area contributed by atoms with Crippen LogP contribution in [0, 0.1) is 0 Å². The van der Waals surface area contributed by atoms with E-state index in [1.54, 1.807) is 7.11 Å². The second-order valence-corrected chi connectivity index (χ2v) is 3.59. The van der Waals surface area contributed by atoms with Gasteiger partial charge in [0.1, 0.15) is 0 Å². The number of hydrogen-bond donors (Lipinski definition) is 2. The maximum absolute atomic E-state index is 11.8. The molecule has 0 aliphatic heterocycles. The molecule has 1 aromatic rings. The number of aromatic carboxylic acids is 1. The number of pyridine rings is 1. The highest BCUT2D eigenvalue weighted by Crippen LogP contribution is 2.06. The highest BCUT2D eigenvalue weighted by atomic mass is 16.5. The van der Waals surface area contributed by atoms with Crippen molar-refractivity contribution in [1.29, 1.82) is 0 Å². The third-order valence-corrected chi connectivity index (χ3v) is 2.26. The summed E-state index contributed by atoms with van der Waals surface area (Å²) in [7, 11) is 1.57. The summed E-state index contributed by atoms with van der Waals surface area (Å²) in [5, 5.41) is 11.5. The largest absolute Gasteiger partial charge is 0.478 e. The maximum atomic E-state index is 11.8. The van der Waals surface area contributed by atoms with E-state index in [4.69, 9.17) is 14.6 Å². The van der Waals surface area contributed by atoms with Gasteiger partial charge in [0.05, 0.1) is 30.9 Å². The summed E-state index contributed by atoms with van der Waals surface area (Å²) in [5.74, 6) is -1.65. The van der Waals surface area contributed by atoms with Crippen molar-refractivity contribution in [3.63, 3.8) is 0 Å². The standard InChI is InChI=1S/C12H16N2O5/c1-18-6-7-19-5-4-14-11(15)9-2-3-13-8-10(9)12(16)17/h2-3,8H,4-7H2,1H3,(H,14,15)(H,16,17). The molecule has 0 saturated heterocycles. The second-order valence-electron chi connectivity index (χ2n) is 3.59. The monoisotopic (exact) mass is 268 g/mol. The third-order valence-electron chi connectivity index (χ3n) is 2.26. The van der Waals surface area contributed by atoms with E-state index in [1.807, 2.05) is 0 Å².